The topological polar surface area (TPSA) is 110 Å². The van der Waals surface area contributed by atoms with E-state index in [-0.39, 0.29) is 23.8 Å². The van der Waals surface area contributed by atoms with Gasteiger partial charge >= 0.3 is 0 Å². The van der Waals surface area contributed by atoms with Gasteiger partial charge in [0.05, 0.1) is 22.9 Å². The normalized spacial score (nSPS) is 13.4. The first kappa shape index (κ1) is 21.4. The molecule has 0 fully saturated rings. The molecule has 0 aliphatic carbocycles. The number of non-ortho nitro benzene ring substituents is 1. The van der Waals surface area contributed by atoms with Crippen LogP contribution in [0.25, 0.3) is 0 Å². The van der Waals surface area contributed by atoms with E-state index in [4.69, 9.17) is 0 Å². The van der Waals surface area contributed by atoms with E-state index in [1.54, 1.807) is 13.8 Å². The Balaban J connectivity index is 2.37. The average molecular weight is 405 g/mol. The van der Waals surface area contributed by atoms with Crippen LogP contribution >= 0.6 is 0 Å². The zero-order valence-electron chi connectivity index (χ0n) is 15.9. The lowest BCUT2D eigenvalue weighted by Crippen LogP contribution is -2.49. The molecule has 0 saturated carbocycles. The monoisotopic (exact) mass is 405 g/mol. The largest absolute Gasteiger partial charge is 0.348 e. The minimum Gasteiger partial charge on any atom is -0.348 e. The van der Waals surface area contributed by atoms with Gasteiger partial charge in [-0.15, -0.1) is 0 Å². The molecule has 2 aromatic rings. The lowest BCUT2D eigenvalue weighted by Gasteiger charge is -2.31. The molecule has 0 unspecified atom stereocenters. The summed E-state index contributed by atoms with van der Waals surface area (Å²) < 4.78 is 25.8. The molecule has 150 valence electrons. The first-order chi connectivity index (χ1) is 13.1. The van der Waals surface area contributed by atoms with Crippen molar-refractivity contribution in [2.75, 3.05) is 10.6 Å². The van der Waals surface area contributed by atoms with Crippen LogP contribution in [0.5, 0.6) is 0 Å². The minimum atomic E-state index is -3.87. The number of amides is 1. The average Bonchev–Trinajstić information content (AvgIpc) is 2.65. The number of carbonyl (C=O) groups excluding carboxylic acids is 1. The van der Waals surface area contributed by atoms with E-state index < -0.39 is 26.9 Å². The minimum absolute atomic E-state index is 0.0751. The molecule has 0 aliphatic heterocycles. The molecule has 0 aliphatic rings. The first-order valence-corrected chi connectivity index (χ1v) is 10.6. The third-order valence-corrected chi connectivity index (χ3v) is 5.46. The van der Waals surface area contributed by atoms with Crippen molar-refractivity contribution in [3.05, 3.63) is 70.3 Å². The summed E-state index contributed by atoms with van der Waals surface area (Å²) in [5.74, 6) is -0.476. The van der Waals surface area contributed by atoms with Gasteiger partial charge in [-0.2, -0.15) is 0 Å². The molecule has 0 radical (unpaired) electrons. The van der Waals surface area contributed by atoms with Gasteiger partial charge < -0.3 is 5.32 Å². The fourth-order valence-corrected chi connectivity index (χ4v) is 4.14. The molecule has 0 spiro atoms. The van der Waals surface area contributed by atoms with Gasteiger partial charge in [0.2, 0.25) is 15.9 Å². The summed E-state index contributed by atoms with van der Waals surface area (Å²) in [5.41, 5.74) is 0.706. The first-order valence-electron chi connectivity index (χ1n) is 8.74. The Bertz CT molecular complexity index is 947. The second kappa shape index (κ2) is 8.83. The van der Waals surface area contributed by atoms with Gasteiger partial charge in [-0.05, 0) is 25.0 Å². The van der Waals surface area contributed by atoms with Gasteiger partial charge in [0, 0.05) is 12.1 Å². The van der Waals surface area contributed by atoms with Crippen LogP contribution < -0.4 is 9.62 Å². The second-order valence-corrected chi connectivity index (χ2v) is 8.26. The van der Waals surface area contributed by atoms with Crippen molar-refractivity contribution in [2.45, 2.75) is 32.4 Å². The Morgan fingerprint density at radius 1 is 1.18 bits per heavy atom. The number of nitrogens with zero attached hydrogens (tertiary/aromatic N) is 2. The van der Waals surface area contributed by atoms with Gasteiger partial charge in [0.25, 0.3) is 5.69 Å². The molecule has 0 aromatic heterocycles. The Morgan fingerprint density at radius 2 is 1.82 bits per heavy atom. The highest BCUT2D eigenvalue weighted by Gasteiger charge is 2.32. The fraction of sp³-hybridized carbons (Fsp3) is 0.316. The van der Waals surface area contributed by atoms with Crippen molar-refractivity contribution in [3.63, 3.8) is 0 Å². The molecule has 2 rings (SSSR count). The predicted molar refractivity (Wildman–Crippen MR) is 107 cm³/mol. The third-order valence-electron chi connectivity index (χ3n) is 4.28. The van der Waals surface area contributed by atoms with E-state index in [1.807, 2.05) is 30.3 Å². The van der Waals surface area contributed by atoms with Crippen LogP contribution in [-0.4, -0.2) is 31.5 Å². The number of anilines is 1. The summed E-state index contributed by atoms with van der Waals surface area (Å²) in [6, 6.07) is 13.2. The van der Waals surface area contributed by atoms with E-state index in [1.165, 1.54) is 18.2 Å². The van der Waals surface area contributed by atoms with E-state index >= 15 is 0 Å². The molecule has 2 atom stereocenters. The Hall–Kier alpha value is -2.94. The number of hydrogen-bond acceptors (Lipinski definition) is 5. The number of nitrogens with one attached hydrogen (secondary N) is 1. The summed E-state index contributed by atoms with van der Waals surface area (Å²) in [7, 11) is -3.87. The van der Waals surface area contributed by atoms with Gasteiger partial charge in [0.1, 0.15) is 6.04 Å². The summed E-state index contributed by atoms with van der Waals surface area (Å²) in [6.07, 6.45) is 1.17. The summed E-state index contributed by atoms with van der Waals surface area (Å²) >= 11 is 0. The number of rotatable bonds is 8. The van der Waals surface area contributed by atoms with Crippen molar-refractivity contribution in [1.29, 1.82) is 0 Å². The zero-order valence-corrected chi connectivity index (χ0v) is 16.7. The molecule has 1 N–H and O–H groups in total. The summed E-state index contributed by atoms with van der Waals surface area (Å²) in [6.45, 7) is 3.49. The molecule has 9 heteroatoms. The van der Waals surface area contributed by atoms with Crippen LogP contribution in [0.2, 0.25) is 0 Å². The van der Waals surface area contributed by atoms with Crippen LogP contribution in [-0.2, 0) is 14.8 Å². The van der Waals surface area contributed by atoms with Crippen LogP contribution in [0.15, 0.2) is 54.6 Å². The third kappa shape index (κ3) is 5.07. The smallest absolute Gasteiger partial charge is 0.271 e. The van der Waals surface area contributed by atoms with Crippen LogP contribution in [0.1, 0.15) is 31.9 Å². The van der Waals surface area contributed by atoms with Crippen molar-refractivity contribution in [3.8, 4) is 0 Å². The number of sulfonamides is 1. The van der Waals surface area contributed by atoms with E-state index in [0.29, 0.717) is 0 Å². The van der Waals surface area contributed by atoms with Crippen molar-refractivity contribution < 1.29 is 18.1 Å². The molecule has 1 amide bonds. The van der Waals surface area contributed by atoms with Crippen molar-refractivity contribution >= 4 is 27.3 Å². The Labute approximate surface area is 164 Å². The number of carbonyl (C=O) groups is 1. The summed E-state index contributed by atoms with van der Waals surface area (Å²) in [4.78, 5) is 23.3. The van der Waals surface area contributed by atoms with E-state index in [9.17, 15) is 23.3 Å². The predicted octanol–water partition coefficient (Wildman–Crippen LogP) is 3.02. The molecular weight excluding hydrogens is 382 g/mol. The van der Waals surface area contributed by atoms with Gasteiger partial charge in [-0.1, -0.05) is 43.3 Å². The van der Waals surface area contributed by atoms with E-state index in [0.717, 1.165) is 22.2 Å². The fourth-order valence-electron chi connectivity index (χ4n) is 2.94. The van der Waals surface area contributed by atoms with Crippen molar-refractivity contribution in [1.82, 2.24) is 5.32 Å². The lowest BCUT2D eigenvalue weighted by atomic mass is 10.1. The molecule has 28 heavy (non-hydrogen) atoms. The van der Waals surface area contributed by atoms with Gasteiger partial charge in [-0.3, -0.25) is 19.2 Å². The molecule has 0 saturated heterocycles. The van der Waals surface area contributed by atoms with Crippen LogP contribution in [0, 0.1) is 10.1 Å². The van der Waals surface area contributed by atoms with Crippen molar-refractivity contribution in [2.24, 2.45) is 0 Å². The maximum absolute atomic E-state index is 12.9. The summed E-state index contributed by atoms with van der Waals surface area (Å²) in [5, 5.41) is 13.9. The van der Waals surface area contributed by atoms with Crippen LogP contribution in [0.3, 0.4) is 0 Å². The van der Waals surface area contributed by atoms with Gasteiger partial charge in [0.15, 0.2) is 0 Å². The van der Waals surface area contributed by atoms with E-state index in [2.05, 4.69) is 5.32 Å². The Kier molecular flexibility index (Phi) is 6.74. The molecular formula is C19H23N3O5S. The maximum Gasteiger partial charge on any atom is 0.271 e. The quantitative estimate of drug-likeness (QED) is 0.536. The highest BCUT2D eigenvalue weighted by Crippen LogP contribution is 2.27. The highest BCUT2D eigenvalue weighted by molar-refractivity contribution is 7.92. The molecule has 0 heterocycles. The Morgan fingerprint density at radius 3 is 2.36 bits per heavy atom. The second-order valence-electron chi connectivity index (χ2n) is 6.40. The zero-order chi connectivity index (χ0) is 20.9. The lowest BCUT2D eigenvalue weighted by molar-refractivity contribution is -0.384. The SMILES string of the molecule is CC[C@@H](C(=O)N[C@H](C)c1ccccc1)N(c1cccc([N+](=O)[O-])c1)S(C)(=O)=O. The maximum atomic E-state index is 12.9. The van der Waals surface area contributed by atoms with Crippen LogP contribution in [0.4, 0.5) is 11.4 Å². The standard InChI is InChI=1S/C19H23N3O5S/c1-4-18(19(23)20-14(2)15-9-6-5-7-10-15)21(28(3,26)27)16-11-8-12-17(13-16)22(24)25/h5-14,18H,4H2,1-3H3,(H,20,23)/t14-,18+/m1/s1. The van der Waals surface area contributed by atoms with Gasteiger partial charge in [-0.25, -0.2) is 8.42 Å². The number of nitro groups is 1. The number of benzene rings is 2. The number of hydrogen-bond donors (Lipinski definition) is 1. The number of nitro benzene ring substituents is 1. The highest BCUT2D eigenvalue weighted by atomic mass is 32.2. The molecule has 8 nitrogen and oxygen atoms in total. The molecule has 0 bridgehead atoms. The molecule has 2 aromatic carbocycles.